The number of hydrogen-bond acceptors (Lipinski definition) is 5. The van der Waals surface area contributed by atoms with Crippen LogP contribution in [-0.2, 0) is 16.1 Å². The van der Waals surface area contributed by atoms with Gasteiger partial charge >= 0.3 is 5.97 Å². The number of carbonyl (C=O) groups excluding carboxylic acids is 1. The number of allylic oxidation sites excluding steroid dienone is 1. The van der Waals surface area contributed by atoms with Gasteiger partial charge in [-0.15, -0.1) is 0 Å². The fraction of sp³-hybridized carbons (Fsp3) is 0.367. The molecule has 0 spiro atoms. The van der Waals surface area contributed by atoms with E-state index in [2.05, 4.69) is 13.0 Å². The number of esters is 1. The standard InChI is InChI=1S/C19H25NO3.C11H11N/c1-2-3-4-5-6-7-12-23-19(22)18(14-20)13-16-8-10-17(15-21)11-9-16;1-9-3-5-11(6-4-9)7-10(2)8-12/h8-11,13,21H,2-7,12,15H2,1H3;3-7H,1-2H3. The lowest BCUT2D eigenvalue weighted by atomic mass is 10.1. The zero-order chi connectivity index (χ0) is 25.9. The molecule has 0 atom stereocenters. The lowest BCUT2D eigenvalue weighted by molar-refractivity contribution is -0.138. The van der Waals surface area contributed by atoms with Crippen LogP contribution in [0.4, 0.5) is 0 Å². The van der Waals surface area contributed by atoms with E-state index in [0.29, 0.717) is 6.61 Å². The summed E-state index contributed by atoms with van der Waals surface area (Å²) in [7, 11) is 0. The van der Waals surface area contributed by atoms with Crippen molar-refractivity contribution in [3.8, 4) is 12.1 Å². The van der Waals surface area contributed by atoms with Gasteiger partial charge < -0.3 is 9.84 Å². The minimum absolute atomic E-state index is 0.00673. The molecule has 1 N–H and O–H groups in total. The second kappa shape index (κ2) is 17.8. The summed E-state index contributed by atoms with van der Waals surface area (Å²) in [6, 6.07) is 19.1. The molecule has 2 rings (SSSR count). The van der Waals surface area contributed by atoms with E-state index in [0.717, 1.165) is 41.5 Å². The van der Waals surface area contributed by atoms with E-state index in [-0.39, 0.29) is 12.2 Å². The third kappa shape index (κ3) is 13.0. The molecule has 5 nitrogen and oxygen atoms in total. The van der Waals surface area contributed by atoms with Crippen LogP contribution in [0.3, 0.4) is 0 Å². The molecule has 0 aromatic heterocycles. The SMILES string of the molecule is CC(C#N)=Cc1ccc(C)cc1.CCCCCCCCOC(=O)C(C#N)=Cc1ccc(CO)cc1. The Bertz CT molecular complexity index is 1040. The Labute approximate surface area is 210 Å². The first-order valence-corrected chi connectivity index (χ1v) is 12.1. The number of carbonyl (C=O) groups is 1. The summed E-state index contributed by atoms with van der Waals surface area (Å²) in [5.74, 6) is -0.577. The third-order valence-corrected chi connectivity index (χ3v) is 5.18. The molecule has 0 saturated carbocycles. The van der Waals surface area contributed by atoms with Crippen molar-refractivity contribution in [2.24, 2.45) is 0 Å². The number of nitrogens with zero attached hydrogens (tertiary/aromatic N) is 2. The number of ether oxygens (including phenoxy) is 1. The Morgan fingerprint density at radius 2 is 1.46 bits per heavy atom. The summed E-state index contributed by atoms with van der Waals surface area (Å²) in [4.78, 5) is 11.9. The van der Waals surface area contributed by atoms with Crippen LogP contribution >= 0.6 is 0 Å². The summed E-state index contributed by atoms with van der Waals surface area (Å²) >= 11 is 0. The predicted molar refractivity (Wildman–Crippen MR) is 141 cm³/mol. The molecule has 0 amide bonds. The summed E-state index contributed by atoms with van der Waals surface area (Å²) in [5, 5.41) is 26.6. The molecule has 0 aliphatic heterocycles. The molecule has 0 saturated heterocycles. The van der Waals surface area contributed by atoms with Gasteiger partial charge in [0.2, 0.25) is 0 Å². The summed E-state index contributed by atoms with van der Waals surface area (Å²) in [6.07, 6.45) is 10.1. The number of aliphatic hydroxyl groups excluding tert-OH is 1. The van der Waals surface area contributed by atoms with Crippen molar-refractivity contribution >= 4 is 18.1 Å². The Morgan fingerprint density at radius 3 is 2.03 bits per heavy atom. The average Bonchev–Trinajstić information content (AvgIpc) is 2.88. The Balaban J connectivity index is 0.000000427. The van der Waals surface area contributed by atoms with Crippen LogP contribution in [0.5, 0.6) is 0 Å². The summed E-state index contributed by atoms with van der Waals surface area (Å²) < 4.78 is 5.15. The van der Waals surface area contributed by atoms with Gasteiger partial charge in [-0.1, -0.05) is 93.1 Å². The number of hydrogen-bond donors (Lipinski definition) is 1. The van der Waals surface area contributed by atoms with E-state index >= 15 is 0 Å². The Hall–Kier alpha value is -3.67. The third-order valence-electron chi connectivity index (χ3n) is 5.18. The fourth-order valence-corrected chi connectivity index (χ4v) is 3.09. The largest absolute Gasteiger partial charge is 0.462 e. The molecular weight excluding hydrogens is 436 g/mol. The number of aliphatic hydroxyl groups is 1. The van der Waals surface area contributed by atoms with E-state index in [4.69, 9.17) is 20.4 Å². The molecule has 0 radical (unpaired) electrons. The van der Waals surface area contributed by atoms with Crippen LogP contribution in [-0.4, -0.2) is 17.7 Å². The van der Waals surface area contributed by atoms with Crippen molar-refractivity contribution in [2.75, 3.05) is 6.61 Å². The molecular formula is C30H36N2O3. The second-order valence-electron chi connectivity index (χ2n) is 8.32. The van der Waals surface area contributed by atoms with Crippen LogP contribution < -0.4 is 0 Å². The number of nitriles is 2. The molecule has 0 aliphatic rings. The maximum atomic E-state index is 11.9. The first-order valence-electron chi connectivity index (χ1n) is 12.1. The van der Waals surface area contributed by atoms with E-state index in [9.17, 15) is 4.79 Å². The highest BCUT2D eigenvalue weighted by Crippen LogP contribution is 2.11. The molecule has 0 bridgehead atoms. The fourth-order valence-electron chi connectivity index (χ4n) is 3.09. The number of benzene rings is 2. The molecule has 0 unspecified atom stereocenters. The molecule has 0 heterocycles. The molecule has 0 fully saturated rings. The lowest BCUT2D eigenvalue weighted by Crippen LogP contribution is -2.08. The minimum atomic E-state index is -0.577. The topological polar surface area (TPSA) is 94.1 Å². The number of rotatable bonds is 11. The highest BCUT2D eigenvalue weighted by molar-refractivity contribution is 5.97. The van der Waals surface area contributed by atoms with Gasteiger partial charge in [0.1, 0.15) is 11.6 Å². The molecule has 0 aliphatic carbocycles. The van der Waals surface area contributed by atoms with Gasteiger partial charge in [-0.3, -0.25) is 0 Å². The van der Waals surface area contributed by atoms with E-state index in [1.807, 2.05) is 43.3 Å². The van der Waals surface area contributed by atoms with Crippen LogP contribution in [0.15, 0.2) is 59.7 Å². The quantitative estimate of drug-likeness (QED) is 0.166. The van der Waals surface area contributed by atoms with Crippen LogP contribution in [0.25, 0.3) is 12.2 Å². The van der Waals surface area contributed by atoms with Crippen molar-refractivity contribution in [1.29, 1.82) is 10.5 Å². The van der Waals surface area contributed by atoms with E-state index in [1.165, 1.54) is 30.9 Å². The van der Waals surface area contributed by atoms with Gasteiger partial charge in [-0.2, -0.15) is 10.5 Å². The van der Waals surface area contributed by atoms with E-state index < -0.39 is 5.97 Å². The zero-order valence-corrected chi connectivity index (χ0v) is 21.1. The molecule has 184 valence electrons. The number of aryl methyl sites for hydroxylation is 1. The predicted octanol–water partition coefficient (Wildman–Crippen LogP) is 6.91. The van der Waals surface area contributed by atoms with Crippen LogP contribution in [0.1, 0.15) is 74.6 Å². The van der Waals surface area contributed by atoms with Gasteiger partial charge in [0.05, 0.1) is 19.3 Å². The first kappa shape index (κ1) is 29.4. The van der Waals surface area contributed by atoms with Gasteiger partial charge in [0, 0.05) is 5.57 Å². The van der Waals surface area contributed by atoms with Gasteiger partial charge in [0.15, 0.2) is 0 Å². The molecule has 5 heteroatoms. The molecule has 35 heavy (non-hydrogen) atoms. The Kier molecular flexibility index (Phi) is 14.9. The molecule has 2 aromatic rings. The smallest absolute Gasteiger partial charge is 0.348 e. The minimum Gasteiger partial charge on any atom is -0.462 e. The zero-order valence-electron chi connectivity index (χ0n) is 21.1. The van der Waals surface area contributed by atoms with Crippen molar-refractivity contribution < 1.29 is 14.6 Å². The number of unbranched alkanes of at least 4 members (excludes halogenated alkanes) is 5. The summed E-state index contributed by atoms with van der Waals surface area (Å²) in [6.45, 7) is 6.35. The van der Waals surface area contributed by atoms with Crippen molar-refractivity contribution in [3.63, 3.8) is 0 Å². The van der Waals surface area contributed by atoms with E-state index in [1.54, 1.807) is 31.2 Å². The van der Waals surface area contributed by atoms with Gasteiger partial charge in [-0.05, 0) is 49.1 Å². The summed E-state index contributed by atoms with van der Waals surface area (Å²) in [5.41, 5.74) is 4.56. The second-order valence-corrected chi connectivity index (χ2v) is 8.32. The van der Waals surface area contributed by atoms with Crippen molar-refractivity contribution in [1.82, 2.24) is 0 Å². The maximum absolute atomic E-state index is 11.9. The highest BCUT2D eigenvalue weighted by Gasteiger charge is 2.10. The lowest BCUT2D eigenvalue weighted by Gasteiger charge is -2.04. The Morgan fingerprint density at radius 1 is 0.886 bits per heavy atom. The van der Waals surface area contributed by atoms with Gasteiger partial charge in [-0.25, -0.2) is 4.79 Å². The maximum Gasteiger partial charge on any atom is 0.348 e. The van der Waals surface area contributed by atoms with Gasteiger partial charge in [0.25, 0.3) is 0 Å². The monoisotopic (exact) mass is 472 g/mol. The first-order chi connectivity index (χ1) is 16.9. The van der Waals surface area contributed by atoms with Crippen molar-refractivity contribution in [2.45, 2.75) is 65.9 Å². The normalized spacial score (nSPS) is 11.0. The van der Waals surface area contributed by atoms with Crippen LogP contribution in [0.2, 0.25) is 0 Å². The highest BCUT2D eigenvalue weighted by atomic mass is 16.5. The average molecular weight is 473 g/mol. The van der Waals surface area contributed by atoms with Crippen LogP contribution in [0, 0.1) is 29.6 Å². The van der Waals surface area contributed by atoms with Crippen molar-refractivity contribution in [3.05, 3.63) is 81.9 Å². The molecule has 2 aromatic carbocycles.